The van der Waals surface area contributed by atoms with Crippen LogP contribution in [0.4, 0.5) is 5.13 Å². The Morgan fingerprint density at radius 1 is 1.22 bits per heavy atom. The zero-order valence-electron chi connectivity index (χ0n) is 11.0. The first-order chi connectivity index (χ1) is 8.72. The Kier molecular flexibility index (Phi) is 3.25. The molecule has 2 aromatic rings. The van der Waals surface area contributed by atoms with Crippen molar-refractivity contribution in [3.05, 3.63) is 24.3 Å². The number of aromatic nitrogens is 1. The quantitative estimate of drug-likeness (QED) is 0.858. The van der Waals surface area contributed by atoms with Crippen LogP contribution in [0.2, 0.25) is 0 Å². The van der Waals surface area contributed by atoms with Gasteiger partial charge in [-0.2, -0.15) is 0 Å². The maximum Gasteiger partial charge on any atom is 0.184 e. The van der Waals surface area contributed by atoms with Gasteiger partial charge in [-0.3, -0.25) is 0 Å². The van der Waals surface area contributed by atoms with Crippen LogP contribution in [0.25, 0.3) is 10.2 Å². The second-order valence-electron chi connectivity index (χ2n) is 5.63. The van der Waals surface area contributed by atoms with Crippen LogP contribution in [0.1, 0.15) is 33.1 Å². The number of rotatable bonds is 2. The summed E-state index contributed by atoms with van der Waals surface area (Å²) in [7, 11) is 0. The number of nitrogens with one attached hydrogen (secondary N) is 1. The first-order valence-electron chi connectivity index (χ1n) is 6.84. The topological polar surface area (TPSA) is 24.9 Å². The van der Waals surface area contributed by atoms with Gasteiger partial charge in [0, 0.05) is 6.04 Å². The lowest BCUT2D eigenvalue weighted by molar-refractivity contribution is 0.276. The Hall–Kier alpha value is -1.09. The average Bonchev–Trinajstić information content (AvgIpc) is 2.75. The fraction of sp³-hybridized carbons (Fsp3) is 0.533. The highest BCUT2D eigenvalue weighted by Crippen LogP contribution is 2.33. The van der Waals surface area contributed by atoms with Crippen molar-refractivity contribution in [2.24, 2.45) is 11.8 Å². The van der Waals surface area contributed by atoms with Gasteiger partial charge in [0.25, 0.3) is 0 Å². The molecule has 3 atom stereocenters. The standard InChI is InChI=1S/C15H20N2S/c1-10-7-8-12(11(2)9-10)16-15-17-13-5-3-4-6-14(13)18-15/h3-6,10-12H,7-9H2,1-2H3,(H,16,17). The van der Waals surface area contributed by atoms with Crippen molar-refractivity contribution in [2.45, 2.75) is 39.2 Å². The third kappa shape index (κ3) is 2.37. The van der Waals surface area contributed by atoms with E-state index in [1.54, 1.807) is 11.3 Å². The van der Waals surface area contributed by atoms with Crippen LogP contribution >= 0.6 is 11.3 Å². The highest BCUT2D eigenvalue weighted by molar-refractivity contribution is 7.22. The highest BCUT2D eigenvalue weighted by Gasteiger charge is 2.25. The fourth-order valence-electron chi connectivity index (χ4n) is 2.97. The fourth-order valence-corrected chi connectivity index (χ4v) is 3.90. The summed E-state index contributed by atoms with van der Waals surface area (Å²) in [4.78, 5) is 4.67. The first kappa shape index (κ1) is 12.0. The Labute approximate surface area is 112 Å². The van der Waals surface area contributed by atoms with Crippen LogP contribution in [-0.2, 0) is 0 Å². The van der Waals surface area contributed by atoms with E-state index < -0.39 is 0 Å². The largest absolute Gasteiger partial charge is 0.358 e. The van der Waals surface area contributed by atoms with Crippen molar-refractivity contribution in [3.63, 3.8) is 0 Å². The average molecular weight is 260 g/mol. The van der Waals surface area contributed by atoms with E-state index in [1.807, 2.05) is 0 Å². The number of para-hydroxylation sites is 1. The molecular formula is C15H20N2S. The molecule has 1 aromatic heterocycles. The van der Waals surface area contributed by atoms with Gasteiger partial charge in [0.2, 0.25) is 0 Å². The number of hydrogen-bond donors (Lipinski definition) is 1. The van der Waals surface area contributed by atoms with E-state index in [-0.39, 0.29) is 0 Å². The summed E-state index contributed by atoms with van der Waals surface area (Å²) in [5, 5.41) is 4.73. The van der Waals surface area contributed by atoms with E-state index in [9.17, 15) is 0 Å². The molecule has 1 aromatic carbocycles. The van der Waals surface area contributed by atoms with Gasteiger partial charge in [-0.1, -0.05) is 37.3 Å². The maximum atomic E-state index is 4.67. The lowest BCUT2D eigenvalue weighted by Crippen LogP contribution is -2.32. The number of fused-ring (bicyclic) bond motifs is 1. The number of thiazole rings is 1. The van der Waals surface area contributed by atoms with Crippen LogP contribution < -0.4 is 5.32 Å². The first-order valence-corrected chi connectivity index (χ1v) is 7.66. The van der Waals surface area contributed by atoms with E-state index in [0.29, 0.717) is 6.04 Å². The number of benzene rings is 1. The Balaban J connectivity index is 1.75. The molecule has 0 bridgehead atoms. The molecule has 96 valence electrons. The molecule has 1 fully saturated rings. The summed E-state index contributed by atoms with van der Waals surface area (Å²) in [6.07, 6.45) is 3.95. The van der Waals surface area contributed by atoms with Crippen molar-refractivity contribution in [2.75, 3.05) is 5.32 Å². The van der Waals surface area contributed by atoms with Crippen LogP contribution in [0.15, 0.2) is 24.3 Å². The molecule has 1 saturated carbocycles. The lowest BCUT2D eigenvalue weighted by atomic mass is 9.80. The zero-order chi connectivity index (χ0) is 12.5. The van der Waals surface area contributed by atoms with E-state index >= 15 is 0 Å². The van der Waals surface area contributed by atoms with Crippen molar-refractivity contribution in [1.82, 2.24) is 4.98 Å². The van der Waals surface area contributed by atoms with Crippen molar-refractivity contribution >= 4 is 26.7 Å². The minimum absolute atomic E-state index is 0.599. The monoisotopic (exact) mass is 260 g/mol. The molecule has 0 radical (unpaired) electrons. The minimum Gasteiger partial charge on any atom is -0.358 e. The van der Waals surface area contributed by atoms with Gasteiger partial charge in [-0.25, -0.2) is 4.98 Å². The third-order valence-corrected chi connectivity index (χ3v) is 5.00. The summed E-state index contributed by atoms with van der Waals surface area (Å²) in [5.74, 6) is 1.63. The molecular weight excluding hydrogens is 240 g/mol. The van der Waals surface area contributed by atoms with Crippen LogP contribution in [0.3, 0.4) is 0 Å². The predicted molar refractivity (Wildman–Crippen MR) is 79.2 cm³/mol. The summed E-state index contributed by atoms with van der Waals surface area (Å²) in [5.41, 5.74) is 1.11. The molecule has 1 aliphatic carbocycles. The summed E-state index contributed by atoms with van der Waals surface area (Å²) in [6, 6.07) is 8.96. The summed E-state index contributed by atoms with van der Waals surface area (Å²) < 4.78 is 1.27. The van der Waals surface area contributed by atoms with E-state index in [2.05, 4.69) is 48.4 Å². The SMILES string of the molecule is CC1CCC(Nc2nc3ccccc3s2)C(C)C1. The normalized spacial score (nSPS) is 28.4. The molecule has 2 nitrogen and oxygen atoms in total. The van der Waals surface area contributed by atoms with Crippen molar-refractivity contribution in [3.8, 4) is 0 Å². The van der Waals surface area contributed by atoms with Gasteiger partial charge in [-0.05, 0) is 43.2 Å². The molecule has 0 spiro atoms. The molecule has 0 saturated heterocycles. The molecule has 18 heavy (non-hydrogen) atoms. The smallest absolute Gasteiger partial charge is 0.184 e. The van der Waals surface area contributed by atoms with Gasteiger partial charge in [-0.15, -0.1) is 0 Å². The maximum absolute atomic E-state index is 4.67. The van der Waals surface area contributed by atoms with E-state index in [1.165, 1.54) is 24.0 Å². The molecule has 3 rings (SSSR count). The van der Waals surface area contributed by atoms with E-state index in [4.69, 9.17) is 0 Å². The van der Waals surface area contributed by atoms with Gasteiger partial charge in [0.05, 0.1) is 10.2 Å². The van der Waals surface area contributed by atoms with Gasteiger partial charge in [0.15, 0.2) is 5.13 Å². The third-order valence-electron chi connectivity index (χ3n) is 4.03. The molecule has 1 aliphatic rings. The molecule has 0 amide bonds. The molecule has 0 aliphatic heterocycles. The number of nitrogens with zero attached hydrogens (tertiary/aromatic N) is 1. The van der Waals surface area contributed by atoms with Crippen LogP contribution in [0.5, 0.6) is 0 Å². The van der Waals surface area contributed by atoms with Gasteiger partial charge < -0.3 is 5.32 Å². The minimum atomic E-state index is 0.599. The molecule has 3 unspecified atom stereocenters. The zero-order valence-corrected chi connectivity index (χ0v) is 11.8. The second-order valence-corrected chi connectivity index (χ2v) is 6.66. The Bertz CT molecular complexity index is 501. The van der Waals surface area contributed by atoms with Crippen LogP contribution in [-0.4, -0.2) is 11.0 Å². The molecule has 1 heterocycles. The summed E-state index contributed by atoms with van der Waals surface area (Å²) in [6.45, 7) is 4.73. The van der Waals surface area contributed by atoms with Gasteiger partial charge in [0.1, 0.15) is 0 Å². The Morgan fingerprint density at radius 3 is 2.83 bits per heavy atom. The summed E-state index contributed by atoms with van der Waals surface area (Å²) >= 11 is 1.77. The van der Waals surface area contributed by atoms with Crippen LogP contribution in [0, 0.1) is 11.8 Å². The lowest BCUT2D eigenvalue weighted by Gasteiger charge is -2.33. The van der Waals surface area contributed by atoms with Gasteiger partial charge >= 0.3 is 0 Å². The predicted octanol–water partition coefficient (Wildman–Crippen LogP) is 4.53. The highest BCUT2D eigenvalue weighted by atomic mass is 32.1. The number of anilines is 1. The second kappa shape index (κ2) is 4.88. The number of hydrogen-bond acceptors (Lipinski definition) is 3. The van der Waals surface area contributed by atoms with Crippen molar-refractivity contribution < 1.29 is 0 Å². The van der Waals surface area contributed by atoms with E-state index in [0.717, 1.165) is 22.5 Å². The molecule has 1 N–H and O–H groups in total. The molecule has 3 heteroatoms. The van der Waals surface area contributed by atoms with Crippen molar-refractivity contribution in [1.29, 1.82) is 0 Å². The Morgan fingerprint density at radius 2 is 2.06 bits per heavy atom.